The Labute approximate surface area is 77.4 Å². The zero-order valence-corrected chi connectivity index (χ0v) is 6.74. The van der Waals surface area contributed by atoms with Gasteiger partial charge in [-0.1, -0.05) is 0 Å². The summed E-state index contributed by atoms with van der Waals surface area (Å²) in [6.07, 6.45) is -2.89. The lowest BCUT2D eigenvalue weighted by Gasteiger charge is -2.00. The molecule has 1 heterocycles. The first-order valence-corrected chi connectivity index (χ1v) is 3.48. The van der Waals surface area contributed by atoms with Gasteiger partial charge in [0, 0.05) is 0 Å². The van der Waals surface area contributed by atoms with Crippen molar-refractivity contribution in [2.24, 2.45) is 0 Å². The van der Waals surface area contributed by atoms with Gasteiger partial charge in [-0.15, -0.1) is 0 Å². The summed E-state index contributed by atoms with van der Waals surface area (Å²) in [5.74, 6) is -1.44. The van der Waals surface area contributed by atoms with Gasteiger partial charge in [-0.3, -0.25) is 0 Å². The highest BCUT2D eigenvalue weighted by molar-refractivity contribution is 5.85. The Balaban J connectivity index is 3.29. The fourth-order valence-electron chi connectivity index (χ4n) is 0.838. The Morgan fingerprint density at radius 3 is 2.64 bits per heavy atom. The molecular weight excluding hydrogens is 194 g/mol. The fourth-order valence-corrected chi connectivity index (χ4v) is 0.838. The van der Waals surface area contributed by atoms with E-state index in [-0.39, 0.29) is 5.56 Å². The van der Waals surface area contributed by atoms with Crippen LogP contribution in [0.1, 0.15) is 28.2 Å². The molecule has 0 amide bonds. The van der Waals surface area contributed by atoms with E-state index in [2.05, 4.69) is 4.98 Å². The zero-order valence-electron chi connectivity index (χ0n) is 6.74. The first-order chi connectivity index (χ1) is 6.54. The minimum absolute atomic E-state index is 0.146. The van der Waals surface area contributed by atoms with E-state index in [0.717, 1.165) is 12.1 Å². The molecule has 14 heavy (non-hydrogen) atoms. The van der Waals surface area contributed by atoms with Crippen LogP contribution in [0.15, 0.2) is 12.1 Å². The number of alkyl halides is 2. The van der Waals surface area contributed by atoms with Crippen LogP contribution in [-0.4, -0.2) is 16.1 Å². The number of nitriles is 1. The number of hydrogen-bond donors (Lipinski definition) is 1. The third-order valence-corrected chi connectivity index (χ3v) is 1.42. The molecule has 1 N–H and O–H groups in total. The van der Waals surface area contributed by atoms with Gasteiger partial charge in [0.2, 0.25) is 0 Å². The van der Waals surface area contributed by atoms with E-state index in [9.17, 15) is 13.6 Å². The van der Waals surface area contributed by atoms with Gasteiger partial charge in [-0.2, -0.15) is 5.26 Å². The lowest BCUT2D eigenvalue weighted by Crippen LogP contribution is -2.04. The average molecular weight is 198 g/mol. The number of aromatic carboxylic acids is 1. The second-order valence-electron chi connectivity index (χ2n) is 2.38. The molecule has 0 saturated carbocycles. The molecule has 0 atom stereocenters. The van der Waals surface area contributed by atoms with Crippen molar-refractivity contribution in [1.29, 1.82) is 5.26 Å². The third kappa shape index (κ3) is 2.01. The number of aromatic nitrogens is 1. The van der Waals surface area contributed by atoms with Crippen LogP contribution >= 0.6 is 0 Å². The molecule has 0 fully saturated rings. The highest BCUT2D eigenvalue weighted by Gasteiger charge is 2.14. The summed E-state index contributed by atoms with van der Waals surface area (Å²) in [6, 6.07) is 3.38. The number of carboxylic acids is 1. The molecule has 1 aromatic heterocycles. The van der Waals surface area contributed by atoms with Crippen molar-refractivity contribution in [3.8, 4) is 6.07 Å². The number of carbonyl (C=O) groups is 1. The van der Waals surface area contributed by atoms with Crippen LogP contribution in [0.4, 0.5) is 8.78 Å². The molecular formula is C8H4F2N2O2. The van der Waals surface area contributed by atoms with E-state index in [1.54, 1.807) is 6.07 Å². The van der Waals surface area contributed by atoms with E-state index in [1.165, 1.54) is 0 Å². The van der Waals surface area contributed by atoms with Crippen LogP contribution in [0.3, 0.4) is 0 Å². The summed E-state index contributed by atoms with van der Waals surface area (Å²) in [5.41, 5.74) is -1.41. The standard InChI is InChI=1S/C8H4F2N2O2/c9-7(10)5-1-4(3-11)2-6(12-5)8(13)14/h1-2,7H,(H,13,14). The summed E-state index contributed by atoms with van der Waals surface area (Å²) < 4.78 is 24.3. The fraction of sp³-hybridized carbons (Fsp3) is 0.125. The van der Waals surface area contributed by atoms with Crippen LogP contribution < -0.4 is 0 Å². The van der Waals surface area contributed by atoms with Crippen LogP contribution in [0.25, 0.3) is 0 Å². The average Bonchev–Trinajstić information content (AvgIpc) is 2.16. The summed E-state index contributed by atoms with van der Waals surface area (Å²) >= 11 is 0. The highest BCUT2D eigenvalue weighted by Crippen LogP contribution is 2.18. The van der Waals surface area contributed by atoms with Gasteiger partial charge in [-0.05, 0) is 12.1 Å². The lowest BCUT2D eigenvalue weighted by molar-refractivity contribution is 0.0688. The molecule has 6 heteroatoms. The van der Waals surface area contributed by atoms with Gasteiger partial charge in [0.15, 0.2) is 0 Å². The van der Waals surface area contributed by atoms with Crippen molar-refractivity contribution in [2.45, 2.75) is 6.43 Å². The van der Waals surface area contributed by atoms with E-state index in [4.69, 9.17) is 10.4 Å². The van der Waals surface area contributed by atoms with Gasteiger partial charge in [0.1, 0.15) is 11.4 Å². The summed E-state index contributed by atoms with van der Waals surface area (Å²) in [5, 5.41) is 16.9. The van der Waals surface area contributed by atoms with E-state index in [1.807, 2.05) is 0 Å². The minimum atomic E-state index is -2.89. The van der Waals surface area contributed by atoms with Crippen LogP contribution in [-0.2, 0) is 0 Å². The predicted molar refractivity (Wildman–Crippen MR) is 40.9 cm³/mol. The molecule has 0 saturated heterocycles. The molecule has 0 unspecified atom stereocenters. The molecule has 0 radical (unpaired) electrons. The number of pyridine rings is 1. The maximum Gasteiger partial charge on any atom is 0.354 e. The molecule has 72 valence electrons. The van der Waals surface area contributed by atoms with Crippen LogP contribution in [0.5, 0.6) is 0 Å². The first kappa shape index (κ1) is 10.1. The number of hydrogen-bond acceptors (Lipinski definition) is 3. The van der Waals surface area contributed by atoms with E-state index >= 15 is 0 Å². The van der Waals surface area contributed by atoms with Crippen molar-refractivity contribution < 1.29 is 18.7 Å². The van der Waals surface area contributed by atoms with Crippen LogP contribution in [0.2, 0.25) is 0 Å². The van der Waals surface area contributed by atoms with Crippen molar-refractivity contribution in [2.75, 3.05) is 0 Å². The van der Waals surface area contributed by atoms with Crippen molar-refractivity contribution >= 4 is 5.97 Å². The monoisotopic (exact) mass is 198 g/mol. The smallest absolute Gasteiger partial charge is 0.354 e. The van der Waals surface area contributed by atoms with Gasteiger partial charge in [-0.25, -0.2) is 18.6 Å². The van der Waals surface area contributed by atoms with Gasteiger partial charge in [0.05, 0.1) is 11.6 Å². The number of halogens is 2. The number of nitrogens with zero attached hydrogens (tertiary/aromatic N) is 2. The van der Waals surface area contributed by atoms with Gasteiger partial charge < -0.3 is 5.11 Å². The summed E-state index contributed by atoms with van der Waals surface area (Å²) in [7, 11) is 0. The molecule has 0 aliphatic carbocycles. The zero-order chi connectivity index (χ0) is 10.7. The third-order valence-electron chi connectivity index (χ3n) is 1.42. The number of rotatable bonds is 2. The lowest BCUT2D eigenvalue weighted by atomic mass is 10.2. The second-order valence-corrected chi connectivity index (χ2v) is 2.38. The SMILES string of the molecule is N#Cc1cc(C(=O)O)nc(C(F)F)c1. The highest BCUT2D eigenvalue weighted by atomic mass is 19.3. The largest absolute Gasteiger partial charge is 0.477 e. The van der Waals surface area contributed by atoms with E-state index in [0.29, 0.717) is 0 Å². The number of carboxylic acid groups (broad SMARTS) is 1. The molecule has 0 bridgehead atoms. The second kappa shape index (κ2) is 3.79. The molecule has 0 aliphatic rings. The molecule has 0 aromatic carbocycles. The Kier molecular flexibility index (Phi) is 2.72. The first-order valence-electron chi connectivity index (χ1n) is 3.48. The van der Waals surface area contributed by atoms with Gasteiger partial charge in [0.25, 0.3) is 6.43 Å². The molecule has 0 aliphatic heterocycles. The normalized spacial score (nSPS) is 9.86. The Hall–Kier alpha value is -2.03. The Bertz CT molecular complexity index is 412. The van der Waals surface area contributed by atoms with E-state index < -0.39 is 23.8 Å². The van der Waals surface area contributed by atoms with Crippen molar-refractivity contribution in [3.63, 3.8) is 0 Å². The maximum atomic E-state index is 12.2. The van der Waals surface area contributed by atoms with Crippen molar-refractivity contribution in [3.05, 3.63) is 29.1 Å². The topological polar surface area (TPSA) is 74.0 Å². The molecule has 1 rings (SSSR count). The van der Waals surface area contributed by atoms with Crippen molar-refractivity contribution in [1.82, 2.24) is 4.98 Å². The maximum absolute atomic E-state index is 12.2. The Morgan fingerprint density at radius 1 is 1.57 bits per heavy atom. The van der Waals surface area contributed by atoms with Crippen LogP contribution in [0, 0.1) is 11.3 Å². The quantitative estimate of drug-likeness (QED) is 0.782. The minimum Gasteiger partial charge on any atom is -0.477 e. The molecule has 4 nitrogen and oxygen atoms in total. The molecule has 0 spiro atoms. The molecule has 1 aromatic rings. The summed E-state index contributed by atoms with van der Waals surface area (Å²) in [4.78, 5) is 13.6. The Morgan fingerprint density at radius 2 is 2.21 bits per heavy atom. The predicted octanol–water partition coefficient (Wildman–Crippen LogP) is 1.59. The van der Waals surface area contributed by atoms with Gasteiger partial charge >= 0.3 is 5.97 Å². The summed E-state index contributed by atoms with van der Waals surface area (Å²) in [6.45, 7) is 0.